The summed E-state index contributed by atoms with van der Waals surface area (Å²) in [5.41, 5.74) is 1.69. The molecular formula is C19H31N. The molecule has 2 rings (SSSR count). The van der Waals surface area contributed by atoms with Gasteiger partial charge in [0.1, 0.15) is 0 Å². The molecule has 1 heteroatoms. The third-order valence-corrected chi connectivity index (χ3v) is 5.03. The third kappa shape index (κ3) is 4.09. The topological polar surface area (TPSA) is 12.0 Å². The molecule has 20 heavy (non-hydrogen) atoms. The van der Waals surface area contributed by atoms with E-state index in [2.05, 4.69) is 63.3 Å². The Morgan fingerprint density at radius 3 is 2.30 bits per heavy atom. The first-order valence-electron chi connectivity index (χ1n) is 8.30. The highest BCUT2D eigenvalue weighted by molar-refractivity contribution is 5.23. The Hall–Kier alpha value is -0.820. The Morgan fingerprint density at radius 1 is 1.10 bits per heavy atom. The minimum atomic E-state index is 0.239. The number of hydrogen-bond acceptors (Lipinski definition) is 1. The average Bonchev–Trinajstić information content (AvgIpc) is 2.93. The van der Waals surface area contributed by atoms with Gasteiger partial charge in [-0.2, -0.15) is 0 Å². The molecule has 0 radical (unpaired) electrons. The Bertz CT molecular complexity index is 389. The van der Waals surface area contributed by atoms with E-state index in [4.69, 9.17) is 0 Å². The van der Waals surface area contributed by atoms with Crippen LogP contribution < -0.4 is 5.32 Å². The second kappa shape index (κ2) is 6.76. The molecule has 0 heterocycles. The summed E-state index contributed by atoms with van der Waals surface area (Å²) < 4.78 is 0. The van der Waals surface area contributed by atoms with Crippen molar-refractivity contribution in [2.24, 2.45) is 5.92 Å². The van der Waals surface area contributed by atoms with E-state index in [-0.39, 0.29) is 5.41 Å². The highest BCUT2D eigenvalue weighted by Gasteiger charge is 2.26. The van der Waals surface area contributed by atoms with E-state index in [0.717, 1.165) is 5.92 Å². The van der Waals surface area contributed by atoms with Crippen molar-refractivity contribution < 1.29 is 0 Å². The Labute approximate surface area is 125 Å². The second-order valence-corrected chi connectivity index (χ2v) is 7.35. The lowest BCUT2D eigenvalue weighted by molar-refractivity contribution is 0.309. The molecule has 1 N–H and O–H groups in total. The molecule has 0 bridgehead atoms. The lowest BCUT2D eigenvalue weighted by Crippen LogP contribution is -2.41. The molecule has 1 saturated carbocycles. The van der Waals surface area contributed by atoms with Crippen molar-refractivity contribution >= 4 is 0 Å². The fourth-order valence-corrected chi connectivity index (χ4v) is 3.87. The Morgan fingerprint density at radius 2 is 1.70 bits per heavy atom. The zero-order valence-electron chi connectivity index (χ0n) is 13.7. The lowest BCUT2D eigenvalue weighted by Gasteiger charge is -2.32. The van der Waals surface area contributed by atoms with Crippen LogP contribution >= 0.6 is 0 Å². The van der Waals surface area contributed by atoms with Gasteiger partial charge in [-0.3, -0.25) is 0 Å². The van der Waals surface area contributed by atoms with Crippen LogP contribution in [0.2, 0.25) is 0 Å². The minimum absolute atomic E-state index is 0.239. The number of hydrogen-bond donors (Lipinski definition) is 1. The fourth-order valence-electron chi connectivity index (χ4n) is 3.87. The third-order valence-electron chi connectivity index (χ3n) is 5.03. The summed E-state index contributed by atoms with van der Waals surface area (Å²) in [5.74, 6) is 0.900. The molecule has 1 nitrogen and oxygen atoms in total. The van der Waals surface area contributed by atoms with Gasteiger partial charge in [-0.15, -0.1) is 0 Å². The molecular weight excluding hydrogens is 242 g/mol. The van der Waals surface area contributed by atoms with Crippen LogP contribution in [0.15, 0.2) is 30.3 Å². The molecule has 2 atom stereocenters. The molecule has 0 saturated heterocycles. The first-order chi connectivity index (χ1) is 9.49. The van der Waals surface area contributed by atoms with E-state index in [1.165, 1.54) is 37.7 Å². The Kier molecular flexibility index (Phi) is 5.26. The molecule has 112 valence electrons. The van der Waals surface area contributed by atoms with Gasteiger partial charge in [0.2, 0.25) is 0 Å². The molecule has 0 aromatic heterocycles. The van der Waals surface area contributed by atoms with Gasteiger partial charge >= 0.3 is 0 Å². The Balaban J connectivity index is 1.88. The van der Waals surface area contributed by atoms with Crippen LogP contribution in [-0.4, -0.2) is 12.1 Å². The molecule has 1 unspecified atom stereocenters. The SMILES string of the molecule is CC(CC(C)(C)c1ccccc1)N[C@H](C)C1CCCC1. The van der Waals surface area contributed by atoms with Crippen molar-refractivity contribution in [1.29, 1.82) is 0 Å². The first kappa shape index (κ1) is 15.6. The highest BCUT2D eigenvalue weighted by Crippen LogP contribution is 2.30. The van der Waals surface area contributed by atoms with E-state index in [9.17, 15) is 0 Å². The summed E-state index contributed by atoms with van der Waals surface area (Å²) in [7, 11) is 0. The number of nitrogens with one attached hydrogen (secondary N) is 1. The predicted octanol–water partition coefficient (Wildman–Crippen LogP) is 4.91. The van der Waals surface area contributed by atoms with E-state index in [1.807, 2.05) is 0 Å². The maximum Gasteiger partial charge on any atom is 0.00694 e. The van der Waals surface area contributed by atoms with Gasteiger partial charge in [-0.1, -0.05) is 57.0 Å². The molecule has 1 aromatic rings. The van der Waals surface area contributed by atoms with Crippen LogP contribution in [0.4, 0.5) is 0 Å². The summed E-state index contributed by atoms with van der Waals surface area (Å²) in [5, 5.41) is 3.85. The van der Waals surface area contributed by atoms with Crippen molar-refractivity contribution in [3.05, 3.63) is 35.9 Å². The molecule has 0 aliphatic heterocycles. The van der Waals surface area contributed by atoms with Crippen LogP contribution in [0.25, 0.3) is 0 Å². The zero-order valence-corrected chi connectivity index (χ0v) is 13.7. The normalized spacial score (nSPS) is 20.0. The van der Waals surface area contributed by atoms with Gasteiger partial charge in [-0.05, 0) is 50.0 Å². The summed E-state index contributed by atoms with van der Waals surface area (Å²) in [6.07, 6.45) is 6.89. The standard InChI is InChI=1S/C19H31N/c1-15(20-16(2)17-10-8-9-11-17)14-19(3,4)18-12-6-5-7-13-18/h5-7,12-13,15-17,20H,8-11,14H2,1-4H3/t15?,16-/m1/s1. The van der Waals surface area contributed by atoms with E-state index in [0.29, 0.717) is 12.1 Å². The molecule has 0 amide bonds. The minimum Gasteiger partial charge on any atom is -0.311 e. The molecule has 1 fully saturated rings. The molecule has 1 aliphatic rings. The highest BCUT2D eigenvalue weighted by atomic mass is 14.9. The average molecular weight is 273 g/mol. The van der Waals surface area contributed by atoms with E-state index in [1.54, 1.807) is 0 Å². The maximum absolute atomic E-state index is 3.85. The van der Waals surface area contributed by atoms with Crippen molar-refractivity contribution in [2.75, 3.05) is 0 Å². The zero-order chi connectivity index (χ0) is 14.6. The van der Waals surface area contributed by atoms with Gasteiger partial charge in [0.25, 0.3) is 0 Å². The first-order valence-corrected chi connectivity index (χ1v) is 8.30. The molecule has 1 aliphatic carbocycles. The quantitative estimate of drug-likeness (QED) is 0.776. The van der Waals surface area contributed by atoms with Gasteiger partial charge in [0.15, 0.2) is 0 Å². The number of rotatable bonds is 6. The van der Waals surface area contributed by atoms with Crippen LogP contribution in [0.5, 0.6) is 0 Å². The van der Waals surface area contributed by atoms with Crippen molar-refractivity contribution in [1.82, 2.24) is 5.32 Å². The van der Waals surface area contributed by atoms with Crippen LogP contribution in [0.3, 0.4) is 0 Å². The maximum atomic E-state index is 3.85. The van der Waals surface area contributed by atoms with Crippen LogP contribution in [0.1, 0.15) is 65.4 Å². The van der Waals surface area contributed by atoms with Gasteiger partial charge < -0.3 is 5.32 Å². The summed E-state index contributed by atoms with van der Waals surface area (Å²) in [4.78, 5) is 0. The smallest absolute Gasteiger partial charge is 0.00694 e. The van der Waals surface area contributed by atoms with E-state index < -0.39 is 0 Å². The summed E-state index contributed by atoms with van der Waals surface area (Å²) >= 11 is 0. The monoisotopic (exact) mass is 273 g/mol. The lowest BCUT2D eigenvalue weighted by atomic mass is 9.79. The predicted molar refractivity (Wildman–Crippen MR) is 88.1 cm³/mol. The molecule has 0 spiro atoms. The van der Waals surface area contributed by atoms with Crippen molar-refractivity contribution in [3.8, 4) is 0 Å². The van der Waals surface area contributed by atoms with Gasteiger partial charge in [0, 0.05) is 12.1 Å². The second-order valence-electron chi connectivity index (χ2n) is 7.35. The van der Waals surface area contributed by atoms with Gasteiger partial charge in [0.05, 0.1) is 0 Å². The van der Waals surface area contributed by atoms with Crippen LogP contribution in [0, 0.1) is 5.92 Å². The number of benzene rings is 1. The molecule has 1 aromatic carbocycles. The van der Waals surface area contributed by atoms with E-state index >= 15 is 0 Å². The van der Waals surface area contributed by atoms with Gasteiger partial charge in [-0.25, -0.2) is 0 Å². The largest absolute Gasteiger partial charge is 0.311 e. The summed E-state index contributed by atoms with van der Waals surface area (Å²) in [6.45, 7) is 9.44. The summed E-state index contributed by atoms with van der Waals surface area (Å²) in [6, 6.07) is 12.1. The van der Waals surface area contributed by atoms with Crippen LogP contribution in [-0.2, 0) is 5.41 Å². The van der Waals surface area contributed by atoms with Crippen molar-refractivity contribution in [2.45, 2.75) is 77.3 Å². The van der Waals surface area contributed by atoms with Crippen molar-refractivity contribution in [3.63, 3.8) is 0 Å². The fraction of sp³-hybridized carbons (Fsp3) is 0.684.